The SMILES string of the molecule is CC(Nc1cccc(F)c1C(N)=S)c1ccccc1. The zero-order valence-corrected chi connectivity index (χ0v) is 11.4. The molecule has 98 valence electrons. The Morgan fingerprint density at radius 1 is 1.16 bits per heavy atom. The number of halogens is 1. The second-order valence-electron chi connectivity index (χ2n) is 4.30. The molecule has 0 amide bonds. The predicted octanol–water partition coefficient (Wildman–Crippen LogP) is 3.63. The van der Waals surface area contributed by atoms with Crippen LogP contribution in [0.25, 0.3) is 0 Å². The van der Waals surface area contributed by atoms with Gasteiger partial charge in [0.2, 0.25) is 0 Å². The summed E-state index contributed by atoms with van der Waals surface area (Å²) in [7, 11) is 0. The highest BCUT2D eigenvalue weighted by Gasteiger charge is 2.13. The summed E-state index contributed by atoms with van der Waals surface area (Å²) in [6.07, 6.45) is 0. The molecule has 1 unspecified atom stereocenters. The van der Waals surface area contributed by atoms with Crippen molar-refractivity contribution in [2.45, 2.75) is 13.0 Å². The van der Waals surface area contributed by atoms with Crippen LogP contribution in [-0.4, -0.2) is 4.99 Å². The van der Waals surface area contributed by atoms with Crippen molar-refractivity contribution in [1.29, 1.82) is 0 Å². The Bertz CT molecular complexity index is 584. The fourth-order valence-corrected chi connectivity index (χ4v) is 2.16. The first-order valence-electron chi connectivity index (χ1n) is 5.99. The summed E-state index contributed by atoms with van der Waals surface area (Å²) in [6, 6.07) is 14.7. The molecule has 0 aromatic heterocycles. The Morgan fingerprint density at radius 3 is 2.47 bits per heavy atom. The average Bonchev–Trinajstić information content (AvgIpc) is 2.39. The third kappa shape index (κ3) is 3.09. The smallest absolute Gasteiger partial charge is 0.135 e. The first kappa shape index (κ1) is 13.5. The number of hydrogen-bond donors (Lipinski definition) is 2. The lowest BCUT2D eigenvalue weighted by Crippen LogP contribution is -2.16. The lowest BCUT2D eigenvalue weighted by Gasteiger charge is -2.18. The van der Waals surface area contributed by atoms with Crippen LogP contribution in [-0.2, 0) is 0 Å². The summed E-state index contributed by atoms with van der Waals surface area (Å²) in [4.78, 5) is 0.0564. The predicted molar refractivity (Wildman–Crippen MR) is 80.8 cm³/mol. The van der Waals surface area contributed by atoms with E-state index in [1.54, 1.807) is 12.1 Å². The van der Waals surface area contributed by atoms with Crippen LogP contribution in [0, 0.1) is 5.82 Å². The van der Waals surface area contributed by atoms with Gasteiger partial charge in [0.15, 0.2) is 0 Å². The van der Waals surface area contributed by atoms with Crippen molar-refractivity contribution in [1.82, 2.24) is 0 Å². The number of thiocarbonyl (C=S) groups is 1. The largest absolute Gasteiger partial charge is 0.389 e. The van der Waals surface area contributed by atoms with Gasteiger partial charge in [0.05, 0.1) is 5.56 Å². The molecule has 0 bridgehead atoms. The van der Waals surface area contributed by atoms with E-state index in [9.17, 15) is 4.39 Å². The van der Waals surface area contributed by atoms with Crippen molar-refractivity contribution >= 4 is 22.9 Å². The van der Waals surface area contributed by atoms with Gasteiger partial charge in [0, 0.05) is 11.7 Å². The molecule has 2 rings (SSSR count). The van der Waals surface area contributed by atoms with Gasteiger partial charge in [0.1, 0.15) is 10.8 Å². The highest BCUT2D eigenvalue weighted by Crippen LogP contribution is 2.24. The van der Waals surface area contributed by atoms with Gasteiger partial charge in [-0.25, -0.2) is 4.39 Å². The highest BCUT2D eigenvalue weighted by atomic mass is 32.1. The van der Waals surface area contributed by atoms with E-state index in [4.69, 9.17) is 18.0 Å². The van der Waals surface area contributed by atoms with Gasteiger partial charge in [-0.15, -0.1) is 0 Å². The second-order valence-corrected chi connectivity index (χ2v) is 4.74. The minimum Gasteiger partial charge on any atom is -0.389 e. The van der Waals surface area contributed by atoms with Crippen LogP contribution in [0.3, 0.4) is 0 Å². The first-order valence-corrected chi connectivity index (χ1v) is 6.40. The molecule has 0 aliphatic rings. The second kappa shape index (κ2) is 5.80. The molecule has 0 saturated heterocycles. The average molecular weight is 274 g/mol. The van der Waals surface area contributed by atoms with Crippen LogP contribution in [0.1, 0.15) is 24.1 Å². The van der Waals surface area contributed by atoms with Crippen LogP contribution in [0.5, 0.6) is 0 Å². The fraction of sp³-hybridized carbons (Fsp3) is 0.133. The van der Waals surface area contributed by atoms with Crippen LogP contribution < -0.4 is 11.1 Å². The molecule has 19 heavy (non-hydrogen) atoms. The van der Waals surface area contributed by atoms with Crippen molar-refractivity contribution in [2.24, 2.45) is 5.73 Å². The number of anilines is 1. The number of nitrogens with two attached hydrogens (primary N) is 1. The third-order valence-electron chi connectivity index (χ3n) is 2.93. The summed E-state index contributed by atoms with van der Waals surface area (Å²) in [5, 5.41) is 3.24. The van der Waals surface area contributed by atoms with Gasteiger partial charge < -0.3 is 11.1 Å². The standard InChI is InChI=1S/C15H15FN2S/c1-10(11-6-3-2-4-7-11)18-13-9-5-8-12(16)14(13)15(17)19/h2-10,18H,1H3,(H2,17,19). The molecule has 0 aliphatic carbocycles. The van der Waals surface area contributed by atoms with Crippen LogP contribution in [0.4, 0.5) is 10.1 Å². The van der Waals surface area contributed by atoms with Gasteiger partial charge in [-0.1, -0.05) is 48.6 Å². The van der Waals surface area contributed by atoms with E-state index in [-0.39, 0.29) is 16.6 Å². The molecule has 0 radical (unpaired) electrons. The lowest BCUT2D eigenvalue weighted by molar-refractivity contribution is 0.625. The summed E-state index contributed by atoms with van der Waals surface area (Å²) < 4.78 is 13.7. The molecular weight excluding hydrogens is 259 g/mol. The summed E-state index contributed by atoms with van der Waals surface area (Å²) in [6.45, 7) is 2.00. The number of nitrogens with one attached hydrogen (secondary N) is 1. The molecule has 0 fully saturated rings. The Balaban J connectivity index is 2.29. The molecule has 1 atom stereocenters. The van der Waals surface area contributed by atoms with E-state index in [0.717, 1.165) is 5.56 Å². The zero-order chi connectivity index (χ0) is 13.8. The van der Waals surface area contributed by atoms with Crippen molar-refractivity contribution in [3.8, 4) is 0 Å². The molecule has 2 nitrogen and oxygen atoms in total. The maximum atomic E-state index is 13.7. The minimum absolute atomic E-state index is 0.0381. The molecule has 2 aromatic carbocycles. The zero-order valence-electron chi connectivity index (χ0n) is 10.6. The highest BCUT2D eigenvalue weighted by molar-refractivity contribution is 7.80. The maximum Gasteiger partial charge on any atom is 0.135 e. The minimum atomic E-state index is -0.405. The molecule has 0 aliphatic heterocycles. The topological polar surface area (TPSA) is 38.0 Å². The lowest BCUT2D eigenvalue weighted by atomic mass is 10.1. The Morgan fingerprint density at radius 2 is 1.84 bits per heavy atom. The maximum absolute atomic E-state index is 13.7. The van der Waals surface area contributed by atoms with Crippen molar-refractivity contribution in [3.63, 3.8) is 0 Å². The Kier molecular flexibility index (Phi) is 4.12. The Labute approximate surface area is 117 Å². The van der Waals surface area contributed by atoms with E-state index in [1.807, 2.05) is 37.3 Å². The molecular formula is C15H15FN2S. The molecule has 0 heterocycles. The van der Waals surface area contributed by atoms with E-state index in [1.165, 1.54) is 6.07 Å². The van der Waals surface area contributed by atoms with Crippen molar-refractivity contribution < 1.29 is 4.39 Å². The Hall–Kier alpha value is -1.94. The van der Waals surface area contributed by atoms with Gasteiger partial charge in [-0.3, -0.25) is 0 Å². The third-order valence-corrected chi connectivity index (χ3v) is 3.14. The molecule has 0 saturated carbocycles. The van der Waals surface area contributed by atoms with E-state index >= 15 is 0 Å². The van der Waals surface area contributed by atoms with Crippen LogP contribution in [0.2, 0.25) is 0 Å². The van der Waals surface area contributed by atoms with Gasteiger partial charge in [0.25, 0.3) is 0 Å². The van der Waals surface area contributed by atoms with Gasteiger partial charge in [-0.05, 0) is 24.6 Å². The molecule has 4 heteroatoms. The van der Waals surface area contributed by atoms with E-state index < -0.39 is 5.82 Å². The quantitative estimate of drug-likeness (QED) is 0.836. The van der Waals surface area contributed by atoms with Crippen molar-refractivity contribution in [3.05, 3.63) is 65.5 Å². The summed E-state index contributed by atoms with van der Waals surface area (Å²) >= 11 is 4.90. The molecule has 0 spiro atoms. The van der Waals surface area contributed by atoms with E-state index in [0.29, 0.717) is 5.69 Å². The number of rotatable bonds is 4. The van der Waals surface area contributed by atoms with Crippen LogP contribution in [0.15, 0.2) is 48.5 Å². The summed E-state index contributed by atoms with van der Waals surface area (Å²) in [5.74, 6) is -0.405. The molecule has 3 N–H and O–H groups in total. The van der Waals surface area contributed by atoms with Crippen molar-refractivity contribution in [2.75, 3.05) is 5.32 Å². The fourth-order valence-electron chi connectivity index (χ4n) is 1.95. The molecule has 2 aromatic rings. The number of benzene rings is 2. The van der Waals surface area contributed by atoms with E-state index in [2.05, 4.69) is 5.32 Å². The normalized spacial score (nSPS) is 11.9. The van der Waals surface area contributed by atoms with Gasteiger partial charge in [-0.2, -0.15) is 0 Å². The first-order chi connectivity index (χ1) is 9.09. The summed E-state index contributed by atoms with van der Waals surface area (Å²) in [5.41, 5.74) is 7.57. The number of hydrogen-bond acceptors (Lipinski definition) is 2. The monoisotopic (exact) mass is 274 g/mol. The van der Waals surface area contributed by atoms with Gasteiger partial charge >= 0.3 is 0 Å². The van der Waals surface area contributed by atoms with Crippen LogP contribution >= 0.6 is 12.2 Å².